The molecule has 0 aliphatic carbocycles. The van der Waals surface area contributed by atoms with Crippen molar-refractivity contribution in [2.75, 3.05) is 4.90 Å². The van der Waals surface area contributed by atoms with E-state index in [4.69, 9.17) is 17.3 Å². The second kappa shape index (κ2) is 5.60. The number of benzene rings is 1. The molecule has 1 heterocycles. The SMILES string of the molecule is NCc1cccc(Cl)c1N1C(=O)SC(NC=O)C1=O. The van der Waals surface area contributed by atoms with E-state index in [2.05, 4.69) is 5.32 Å². The molecule has 0 spiro atoms. The van der Waals surface area contributed by atoms with Gasteiger partial charge in [-0.05, 0) is 23.4 Å². The van der Waals surface area contributed by atoms with Crippen molar-refractivity contribution in [3.63, 3.8) is 0 Å². The second-order valence-corrected chi connectivity index (χ2v) is 5.14. The summed E-state index contributed by atoms with van der Waals surface area (Å²) >= 11 is 6.77. The molecule has 6 nitrogen and oxygen atoms in total. The molecule has 1 fully saturated rings. The van der Waals surface area contributed by atoms with Crippen molar-refractivity contribution >= 4 is 46.6 Å². The van der Waals surface area contributed by atoms with E-state index >= 15 is 0 Å². The lowest BCUT2D eigenvalue weighted by atomic mass is 10.1. The molecule has 1 atom stereocenters. The Morgan fingerprint density at radius 1 is 1.47 bits per heavy atom. The average Bonchev–Trinajstić information content (AvgIpc) is 2.65. The van der Waals surface area contributed by atoms with Crippen LogP contribution in [0.25, 0.3) is 0 Å². The largest absolute Gasteiger partial charge is 0.338 e. The predicted molar refractivity (Wildman–Crippen MR) is 72.8 cm³/mol. The second-order valence-electron chi connectivity index (χ2n) is 3.67. The van der Waals surface area contributed by atoms with Crippen LogP contribution in [0.2, 0.25) is 5.02 Å². The number of rotatable bonds is 4. The molecule has 100 valence electrons. The van der Waals surface area contributed by atoms with Crippen molar-refractivity contribution in [3.8, 4) is 0 Å². The zero-order valence-corrected chi connectivity index (χ0v) is 11.2. The number of hydrogen-bond acceptors (Lipinski definition) is 5. The van der Waals surface area contributed by atoms with Crippen LogP contribution in [0, 0.1) is 0 Å². The molecule has 0 bridgehead atoms. The van der Waals surface area contributed by atoms with Gasteiger partial charge in [-0.15, -0.1) is 0 Å². The first-order valence-corrected chi connectivity index (χ1v) is 6.57. The van der Waals surface area contributed by atoms with Crippen LogP contribution in [0.5, 0.6) is 0 Å². The van der Waals surface area contributed by atoms with Crippen molar-refractivity contribution in [1.82, 2.24) is 5.32 Å². The normalized spacial score (nSPS) is 18.8. The minimum atomic E-state index is -0.924. The maximum Gasteiger partial charge on any atom is 0.295 e. The summed E-state index contributed by atoms with van der Waals surface area (Å²) in [5.74, 6) is -0.537. The Kier molecular flexibility index (Phi) is 4.08. The van der Waals surface area contributed by atoms with Crippen LogP contribution in [0.1, 0.15) is 5.56 Å². The van der Waals surface area contributed by atoms with Gasteiger partial charge >= 0.3 is 0 Å². The van der Waals surface area contributed by atoms with E-state index < -0.39 is 16.5 Å². The highest BCUT2D eigenvalue weighted by Gasteiger charge is 2.42. The summed E-state index contributed by atoms with van der Waals surface area (Å²) in [6.07, 6.45) is 0.378. The number of amides is 3. The molecule has 3 N–H and O–H groups in total. The fourth-order valence-electron chi connectivity index (χ4n) is 1.75. The summed E-state index contributed by atoms with van der Waals surface area (Å²) < 4.78 is 0. The molecule has 3 amide bonds. The van der Waals surface area contributed by atoms with E-state index in [1.165, 1.54) is 0 Å². The minimum Gasteiger partial charge on any atom is -0.338 e. The monoisotopic (exact) mass is 299 g/mol. The Balaban J connectivity index is 2.44. The molecule has 1 unspecified atom stereocenters. The van der Waals surface area contributed by atoms with Gasteiger partial charge < -0.3 is 11.1 Å². The maximum absolute atomic E-state index is 12.1. The van der Waals surface area contributed by atoms with E-state index in [1.54, 1.807) is 18.2 Å². The molecule has 19 heavy (non-hydrogen) atoms. The average molecular weight is 300 g/mol. The molecular formula is C11H10ClN3O3S. The van der Waals surface area contributed by atoms with Gasteiger partial charge in [0.1, 0.15) is 0 Å². The summed E-state index contributed by atoms with van der Waals surface area (Å²) in [5.41, 5.74) is 6.45. The Bertz CT molecular complexity index is 552. The first-order valence-electron chi connectivity index (χ1n) is 5.32. The third kappa shape index (κ3) is 2.44. The molecule has 0 aromatic heterocycles. The summed E-state index contributed by atoms with van der Waals surface area (Å²) in [6, 6.07) is 4.95. The molecule has 1 aliphatic heterocycles. The number of hydrogen-bond donors (Lipinski definition) is 2. The lowest BCUT2D eigenvalue weighted by Crippen LogP contribution is -2.38. The van der Waals surface area contributed by atoms with Crippen LogP contribution >= 0.6 is 23.4 Å². The summed E-state index contributed by atoms with van der Waals surface area (Å²) in [4.78, 5) is 35.3. The number of thioether (sulfide) groups is 1. The van der Waals surface area contributed by atoms with Gasteiger partial charge in [-0.1, -0.05) is 23.7 Å². The van der Waals surface area contributed by atoms with Crippen LogP contribution in [0.4, 0.5) is 10.5 Å². The van der Waals surface area contributed by atoms with Crippen molar-refractivity contribution in [2.45, 2.75) is 11.9 Å². The number of nitrogens with zero attached hydrogens (tertiary/aromatic N) is 1. The quantitative estimate of drug-likeness (QED) is 0.811. The van der Waals surface area contributed by atoms with E-state index in [9.17, 15) is 14.4 Å². The molecule has 0 saturated carbocycles. The van der Waals surface area contributed by atoms with E-state index in [1.807, 2.05) is 0 Å². The van der Waals surface area contributed by atoms with Crippen LogP contribution in [-0.2, 0) is 16.1 Å². The van der Waals surface area contributed by atoms with Crippen LogP contribution in [-0.4, -0.2) is 22.9 Å². The van der Waals surface area contributed by atoms with Gasteiger partial charge in [-0.3, -0.25) is 14.4 Å². The van der Waals surface area contributed by atoms with Gasteiger partial charge in [0.25, 0.3) is 11.1 Å². The Morgan fingerprint density at radius 3 is 2.84 bits per heavy atom. The Morgan fingerprint density at radius 2 is 2.21 bits per heavy atom. The lowest BCUT2D eigenvalue weighted by Gasteiger charge is -2.18. The van der Waals surface area contributed by atoms with Crippen LogP contribution in [0.3, 0.4) is 0 Å². The molecule has 2 rings (SSSR count). The number of imide groups is 1. The number of carbonyl (C=O) groups is 3. The Labute approximate surface area is 118 Å². The highest BCUT2D eigenvalue weighted by molar-refractivity contribution is 8.15. The first kappa shape index (κ1) is 13.9. The number of para-hydroxylation sites is 1. The van der Waals surface area contributed by atoms with E-state index in [-0.39, 0.29) is 17.3 Å². The summed E-state index contributed by atoms with van der Waals surface area (Å²) in [5, 5.41) is 1.12. The molecular weight excluding hydrogens is 290 g/mol. The summed E-state index contributed by atoms with van der Waals surface area (Å²) in [6.45, 7) is 0.142. The van der Waals surface area contributed by atoms with Gasteiger partial charge in [0.2, 0.25) is 6.41 Å². The van der Waals surface area contributed by atoms with Gasteiger partial charge in [0.15, 0.2) is 5.37 Å². The third-order valence-corrected chi connectivity index (χ3v) is 3.84. The minimum absolute atomic E-state index is 0.142. The van der Waals surface area contributed by atoms with Crippen molar-refractivity contribution in [3.05, 3.63) is 28.8 Å². The number of halogens is 1. The number of carbonyl (C=O) groups excluding carboxylic acids is 3. The van der Waals surface area contributed by atoms with Gasteiger partial charge in [-0.25, -0.2) is 4.90 Å². The van der Waals surface area contributed by atoms with E-state index in [0.29, 0.717) is 12.0 Å². The van der Waals surface area contributed by atoms with Gasteiger partial charge in [-0.2, -0.15) is 0 Å². The van der Waals surface area contributed by atoms with Crippen LogP contribution in [0.15, 0.2) is 18.2 Å². The highest BCUT2D eigenvalue weighted by Crippen LogP contribution is 2.37. The molecule has 8 heteroatoms. The third-order valence-electron chi connectivity index (χ3n) is 2.58. The summed E-state index contributed by atoms with van der Waals surface area (Å²) in [7, 11) is 0. The lowest BCUT2D eigenvalue weighted by molar-refractivity contribution is -0.120. The van der Waals surface area contributed by atoms with Crippen molar-refractivity contribution < 1.29 is 14.4 Å². The highest BCUT2D eigenvalue weighted by atomic mass is 35.5. The fraction of sp³-hybridized carbons (Fsp3) is 0.182. The predicted octanol–water partition coefficient (Wildman–Crippen LogP) is 1.07. The van der Waals surface area contributed by atoms with Gasteiger partial charge in [0.05, 0.1) is 10.7 Å². The van der Waals surface area contributed by atoms with Crippen molar-refractivity contribution in [2.24, 2.45) is 5.73 Å². The first-order chi connectivity index (χ1) is 9.10. The standard InChI is InChI=1S/C11H10ClN3O3S/c12-7-3-1-2-6(4-13)8(7)15-10(17)9(14-5-16)19-11(15)18/h1-3,5,9H,4,13H2,(H,14,16). The zero-order valence-electron chi connectivity index (χ0n) is 9.63. The molecule has 1 aliphatic rings. The molecule has 1 saturated heterocycles. The maximum atomic E-state index is 12.1. The van der Waals surface area contributed by atoms with Crippen LogP contribution < -0.4 is 16.0 Å². The van der Waals surface area contributed by atoms with Gasteiger partial charge in [0, 0.05) is 6.54 Å². The zero-order chi connectivity index (χ0) is 14.0. The molecule has 1 aromatic rings. The number of anilines is 1. The number of nitrogens with two attached hydrogens (primary N) is 1. The molecule has 0 radical (unpaired) electrons. The Hall–Kier alpha value is -1.57. The smallest absolute Gasteiger partial charge is 0.295 e. The fourth-order valence-corrected chi connectivity index (χ4v) is 2.85. The topological polar surface area (TPSA) is 92.5 Å². The molecule has 1 aromatic carbocycles. The van der Waals surface area contributed by atoms with E-state index in [0.717, 1.165) is 16.7 Å². The van der Waals surface area contributed by atoms with Crippen molar-refractivity contribution in [1.29, 1.82) is 0 Å². The number of nitrogens with one attached hydrogen (secondary N) is 1.